The molecule has 0 aromatic carbocycles. The first kappa shape index (κ1) is 10.2. The van der Waals surface area contributed by atoms with Gasteiger partial charge in [-0.3, -0.25) is 4.99 Å². The number of hydrogen-bond acceptors (Lipinski definition) is 1. The molecule has 0 aromatic heterocycles. The van der Waals surface area contributed by atoms with Crippen molar-refractivity contribution in [2.24, 2.45) is 4.99 Å². The van der Waals surface area contributed by atoms with Crippen molar-refractivity contribution in [2.75, 3.05) is 6.54 Å². The quantitative estimate of drug-likeness (QED) is 0.314. The first-order valence-electron chi connectivity index (χ1n) is 4.17. The molecule has 1 heteroatoms. The van der Waals surface area contributed by atoms with Gasteiger partial charge in [0.2, 0.25) is 0 Å². The molecule has 0 saturated heterocycles. The van der Waals surface area contributed by atoms with Crippen molar-refractivity contribution in [2.45, 2.75) is 26.2 Å². The van der Waals surface area contributed by atoms with Gasteiger partial charge in [-0.2, -0.15) is 0 Å². The maximum Gasteiger partial charge on any atom is 0.0392 e. The molecule has 1 nitrogen and oxygen atoms in total. The van der Waals surface area contributed by atoms with Crippen LogP contribution in [-0.4, -0.2) is 12.8 Å². The molecule has 0 unspecified atom stereocenters. The zero-order valence-electron chi connectivity index (χ0n) is 7.29. The molecule has 0 aliphatic carbocycles. The Bertz CT molecular complexity index is 134. The summed E-state index contributed by atoms with van der Waals surface area (Å²) in [6.45, 7) is 6.67. The van der Waals surface area contributed by atoms with Crippen LogP contribution in [0.25, 0.3) is 0 Å². The van der Waals surface area contributed by atoms with Crippen LogP contribution in [0.4, 0.5) is 0 Å². The fourth-order valence-corrected chi connectivity index (χ4v) is 0.659. The molecule has 0 radical (unpaired) electrons. The summed E-state index contributed by atoms with van der Waals surface area (Å²) >= 11 is 0. The van der Waals surface area contributed by atoms with Gasteiger partial charge >= 0.3 is 0 Å². The van der Waals surface area contributed by atoms with Crippen LogP contribution in [0.1, 0.15) is 26.2 Å². The van der Waals surface area contributed by atoms with E-state index in [4.69, 9.17) is 0 Å². The maximum atomic E-state index is 4.19. The van der Waals surface area contributed by atoms with Gasteiger partial charge in [0.15, 0.2) is 0 Å². The second-order valence-electron chi connectivity index (χ2n) is 2.32. The van der Waals surface area contributed by atoms with E-state index in [1.807, 2.05) is 18.4 Å². The Hall–Kier alpha value is -0.850. The smallest absolute Gasteiger partial charge is 0.0392 e. The van der Waals surface area contributed by atoms with Crippen molar-refractivity contribution in [3.8, 4) is 0 Å². The third-order valence-corrected chi connectivity index (χ3v) is 1.26. The van der Waals surface area contributed by atoms with Crippen molar-refractivity contribution in [1.82, 2.24) is 0 Å². The van der Waals surface area contributed by atoms with E-state index in [2.05, 4.69) is 24.6 Å². The molecule has 0 N–H and O–H groups in total. The van der Waals surface area contributed by atoms with Crippen LogP contribution in [0.5, 0.6) is 0 Å². The molecular weight excluding hydrogens is 134 g/mol. The average molecular weight is 151 g/mol. The van der Waals surface area contributed by atoms with Gasteiger partial charge in [0, 0.05) is 12.8 Å². The average Bonchev–Trinajstić information content (AvgIpc) is 2.03. The minimum atomic E-state index is 0.917. The van der Waals surface area contributed by atoms with Crippen LogP contribution in [0, 0.1) is 0 Å². The second kappa shape index (κ2) is 9.15. The summed E-state index contributed by atoms with van der Waals surface area (Å²) in [5.74, 6) is 0. The lowest BCUT2D eigenvalue weighted by molar-refractivity contribution is 0.860. The van der Waals surface area contributed by atoms with Gasteiger partial charge in [-0.15, -0.1) is 6.58 Å². The molecule has 11 heavy (non-hydrogen) atoms. The van der Waals surface area contributed by atoms with E-state index in [9.17, 15) is 0 Å². The van der Waals surface area contributed by atoms with Gasteiger partial charge in [-0.1, -0.05) is 19.1 Å². The Kier molecular flexibility index (Phi) is 8.44. The third-order valence-electron chi connectivity index (χ3n) is 1.26. The molecule has 0 saturated carbocycles. The fraction of sp³-hybridized carbons (Fsp3) is 0.500. The van der Waals surface area contributed by atoms with E-state index in [1.54, 1.807) is 0 Å². The molecule has 0 heterocycles. The van der Waals surface area contributed by atoms with Gasteiger partial charge in [0.25, 0.3) is 0 Å². The number of aliphatic imine (C=N–C) groups is 1. The normalized spacial score (nSPS) is 11.4. The zero-order valence-corrected chi connectivity index (χ0v) is 7.29. The van der Waals surface area contributed by atoms with Crippen LogP contribution in [-0.2, 0) is 0 Å². The number of hydrogen-bond donors (Lipinski definition) is 0. The first-order valence-corrected chi connectivity index (χ1v) is 4.17. The van der Waals surface area contributed by atoms with E-state index in [0.717, 1.165) is 25.8 Å². The van der Waals surface area contributed by atoms with Crippen molar-refractivity contribution in [3.05, 3.63) is 24.8 Å². The summed E-state index contributed by atoms with van der Waals surface area (Å²) in [6, 6.07) is 0. The van der Waals surface area contributed by atoms with Gasteiger partial charge in [0.1, 0.15) is 0 Å². The van der Waals surface area contributed by atoms with Crippen molar-refractivity contribution in [1.29, 1.82) is 0 Å². The number of allylic oxidation sites excluding steroid dienone is 3. The predicted octanol–water partition coefficient (Wildman–Crippen LogP) is 2.99. The van der Waals surface area contributed by atoms with Crippen molar-refractivity contribution < 1.29 is 0 Å². The summed E-state index contributed by atoms with van der Waals surface area (Å²) in [7, 11) is 0. The lowest BCUT2D eigenvalue weighted by Gasteiger charge is -1.87. The number of unbranched alkanes of at least 4 members (excludes halogenated alkanes) is 1. The second-order valence-corrected chi connectivity index (χ2v) is 2.32. The van der Waals surface area contributed by atoms with E-state index in [0.29, 0.717) is 0 Å². The number of nitrogens with zero attached hydrogens (tertiary/aromatic N) is 1. The molecule has 0 aromatic rings. The highest BCUT2D eigenvalue weighted by atomic mass is 14.7. The topological polar surface area (TPSA) is 12.4 Å². The molecule has 0 amide bonds. The summed E-state index contributed by atoms with van der Waals surface area (Å²) in [6.07, 6.45) is 11.1. The van der Waals surface area contributed by atoms with Crippen LogP contribution in [0.15, 0.2) is 29.8 Å². The molecule has 0 aliphatic rings. The third kappa shape index (κ3) is 9.15. The summed E-state index contributed by atoms with van der Waals surface area (Å²) in [4.78, 5) is 4.19. The SMILES string of the molecule is C=CCCC/N=C\C=C/CC. The van der Waals surface area contributed by atoms with Crippen molar-refractivity contribution in [3.63, 3.8) is 0 Å². The molecule has 0 bridgehead atoms. The van der Waals surface area contributed by atoms with Crippen LogP contribution >= 0.6 is 0 Å². The Balaban J connectivity index is 3.15. The maximum absolute atomic E-state index is 4.19. The molecule has 0 aliphatic heterocycles. The van der Waals surface area contributed by atoms with E-state index in [-0.39, 0.29) is 0 Å². The highest BCUT2D eigenvalue weighted by molar-refractivity contribution is 5.70. The molecule has 0 atom stereocenters. The minimum absolute atomic E-state index is 0.917. The van der Waals surface area contributed by atoms with Gasteiger partial charge in [-0.05, 0) is 25.3 Å². The molecule has 0 spiro atoms. The van der Waals surface area contributed by atoms with E-state index < -0.39 is 0 Å². The largest absolute Gasteiger partial charge is 0.293 e. The predicted molar refractivity (Wildman–Crippen MR) is 52.2 cm³/mol. The summed E-state index contributed by atoms with van der Waals surface area (Å²) in [5, 5.41) is 0. The Morgan fingerprint density at radius 1 is 1.45 bits per heavy atom. The van der Waals surface area contributed by atoms with Gasteiger partial charge in [-0.25, -0.2) is 0 Å². The zero-order chi connectivity index (χ0) is 8.36. The highest BCUT2D eigenvalue weighted by Gasteiger charge is 1.77. The Labute approximate surface area is 69.5 Å². The van der Waals surface area contributed by atoms with Gasteiger partial charge in [0.05, 0.1) is 0 Å². The monoisotopic (exact) mass is 151 g/mol. The molecule has 0 rings (SSSR count). The molecule has 62 valence electrons. The summed E-state index contributed by atoms with van der Waals surface area (Å²) < 4.78 is 0. The molecule has 0 fully saturated rings. The van der Waals surface area contributed by atoms with E-state index in [1.165, 1.54) is 0 Å². The van der Waals surface area contributed by atoms with Gasteiger partial charge < -0.3 is 0 Å². The first-order chi connectivity index (χ1) is 5.41. The van der Waals surface area contributed by atoms with Crippen LogP contribution in [0.3, 0.4) is 0 Å². The Morgan fingerprint density at radius 3 is 2.91 bits per heavy atom. The Morgan fingerprint density at radius 2 is 2.27 bits per heavy atom. The lowest BCUT2D eigenvalue weighted by Crippen LogP contribution is -1.78. The lowest BCUT2D eigenvalue weighted by atomic mass is 10.3. The van der Waals surface area contributed by atoms with E-state index >= 15 is 0 Å². The van der Waals surface area contributed by atoms with Crippen LogP contribution < -0.4 is 0 Å². The fourth-order valence-electron chi connectivity index (χ4n) is 0.659. The molecular formula is C10H17N. The number of rotatable bonds is 6. The highest BCUT2D eigenvalue weighted by Crippen LogP contribution is 1.88. The van der Waals surface area contributed by atoms with Crippen molar-refractivity contribution >= 4 is 6.21 Å². The minimum Gasteiger partial charge on any atom is -0.293 e. The van der Waals surface area contributed by atoms with Crippen LogP contribution in [0.2, 0.25) is 0 Å². The summed E-state index contributed by atoms with van der Waals surface area (Å²) in [5.41, 5.74) is 0. The standard InChI is InChI=1S/C10H17N/c1-3-5-7-9-11-10-8-6-4-2/h3,6,8,10H,1,4-5,7,9H2,2H3/b8-6-,11-10-.